The summed E-state index contributed by atoms with van der Waals surface area (Å²) in [6, 6.07) is 2.18. The van der Waals surface area contributed by atoms with Crippen LogP contribution < -0.4 is 15.4 Å². The molecule has 0 aliphatic carbocycles. The van der Waals surface area contributed by atoms with E-state index in [1.54, 1.807) is 23.0 Å². The van der Waals surface area contributed by atoms with Gasteiger partial charge in [-0.2, -0.15) is 4.39 Å². The SMILES string of the molecule is COc1c(F)c(F)cc(C(=O)NCCNc2cc(-n3ccnc3C)ncn2)c1F. The average Bonchev–Trinajstić information content (AvgIpc) is 3.14. The highest BCUT2D eigenvalue weighted by atomic mass is 19.2. The van der Waals surface area contributed by atoms with E-state index in [2.05, 4.69) is 30.3 Å². The first-order valence-corrected chi connectivity index (χ1v) is 8.48. The van der Waals surface area contributed by atoms with Crippen molar-refractivity contribution < 1.29 is 22.7 Å². The number of ether oxygens (including phenoxy) is 1. The maximum Gasteiger partial charge on any atom is 0.254 e. The molecule has 3 rings (SSSR count). The molecule has 0 saturated heterocycles. The number of hydrogen-bond acceptors (Lipinski definition) is 6. The number of anilines is 1. The Morgan fingerprint density at radius 3 is 2.62 bits per heavy atom. The number of benzene rings is 1. The van der Waals surface area contributed by atoms with Gasteiger partial charge in [-0.05, 0) is 13.0 Å². The molecule has 29 heavy (non-hydrogen) atoms. The number of carbonyl (C=O) groups is 1. The van der Waals surface area contributed by atoms with Gasteiger partial charge >= 0.3 is 0 Å². The second kappa shape index (κ2) is 8.59. The Labute approximate surface area is 163 Å². The highest BCUT2D eigenvalue weighted by Gasteiger charge is 2.23. The number of hydrogen-bond donors (Lipinski definition) is 2. The summed E-state index contributed by atoms with van der Waals surface area (Å²) in [6.07, 6.45) is 4.78. The predicted octanol–water partition coefficient (Wildman–Crippen LogP) is 2.24. The van der Waals surface area contributed by atoms with Gasteiger partial charge < -0.3 is 15.4 Å². The zero-order valence-electron chi connectivity index (χ0n) is 15.5. The normalized spacial score (nSPS) is 10.7. The largest absolute Gasteiger partial charge is 0.491 e. The maximum atomic E-state index is 14.1. The number of aromatic nitrogens is 4. The van der Waals surface area contributed by atoms with Crippen LogP contribution in [-0.4, -0.2) is 45.6 Å². The number of nitrogens with zero attached hydrogens (tertiary/aromatic N) is 4. The van der Waals surface area contributed by atoms with E-state index < -0.39 is 34.7 Å². The Balaban J connectivity index is 1.60. The first-order chi connectivity index (χ1) is 13.9. The molecule has 0 bridgehead atoms. The number of amides is 1. The van der Waals surface area contributed by atoms with E-state index in [-0.39, 0.29) is 13.1 Å². The molecule has 152 valence electrons. The molecule has 3 aromatic rings. The topological polar surface area (TPSA) is 94.0 Å². The van der Waals surface area contributed by atoms with Crippen molar-refractivity contribution in [2.75, 3.05) is 25.5 Å². The van der Waals surface area contributed by atoms with Crippen LogP contribution in [0.4, 0.5) is 19.0 Å². The molecule has 8 nitrogen and oxygen atoms in total. The van der Waals surface area contributed by atoms with Crippen molar-refractivity contribution in [2.45, 2.75) is 6.92 Å². The third kappa shape index (κ3) is 4.28. The fourth-order valence-corrected chi connectivity index (χ4v) is 2.58. The maximum absolute atomic E-state index is 14.1. The highest BCUT2D eigenvalue weighted by Crippen LogP contribution is 2.26. The van der Waals surface area contributed by atoms with Crippen LogP contribution in [0.2, 0.25) is 0 Å². The minimum Gasteiger partial charge on any atom is -0.491 e. The standard InChI is InChI=1S/C18H17F3N6O2/c1-10-22-5-6-27(10)14-8-13(25-9-26-14)23-3-4-24-18(28)11-7-12(19)16(21)17(29-2)15(11)20/h5-9H,3-4H2,1-2H3,(H,24,28)(H,23,25,26). The summed E-state index contributed by atoms with van der Waals surface area (Å²) in [5, 5.41) is 5.39. The average molecular weight is 406 g/mol. The predicted molar refractivity (Wildman–Crippen MR) is 97.6 cm³/mol. The van der Waals surface area contributed by atoms with Gasteiger partial charge in [-0.1, -0.05) is 0 Å². The molecule has 2 N–H and O–H groups in total. The lowest BCUT2D eigenvalue weighted by atomic mass is 10.1. The van der Waals surface area contributed by atoms with Gasteiger partial charge in [-0.15, -0.1) is 0 Å². The van der Waals surface area contributed by atoms with Crippen molar-refractivity contribution in [3.63, 3.8) is 0 Å². The molecule has 11 heteroatoms. The second-order valence-corrected chi connectivity index (χ2v) is 5.86. The van der Waals surface area contributed by atoms with Gasteiger partial charge in [0, 0.05) is 31.5 Å². The number of aryl methyl sites for hydroxylation is 1. The van der Waals surface area contributed by atoms with Crippen LogP contribution in [-0.2, 0) is 0 Å². The van der Waals surface area contributed by atoms with Gasteiger partial charge in [0.25, 0.3) is 5.91 Å². The number of carbonyl (C=O) groups excluding carboxylic acids is 1. The molecule has 0 aliphatic heterocycles. The zero-order chi connectivity index (χ0) is 21.0. The van der Waals surface area contributed by atoms with Crippen LogP contribution in [0.15, 0.2) is 30.9 Å². The molecule has 1 amide bonds. The number of halogens is 3. The molecular formula is C18H17F3N6O2. The monoisotopic (exact) mass is 406 g/mol. The summed E-state index contributed by atoms with van der Waals surface area (Å²) in [7, 11) is 0.980. The molecule has 0 fully saturated rings. The first-order valence-electron chi connectivity index (χ1n) is 8.48. The van der Waals surface area contributed by atoms with Crippen molar-refractivity contribution >= 4 is 11.7 Å². The van der Waals surface area contributed by atoms with Crippen LogP contribution in [0.1, 0.15) is 16.2 Å². The zero-order valence-corrected chi connectivity index (χ0v) is 15.5. The molecule has 0 atom stereocenters. The third-order valence-corrected chi connectivity index (χ3v) is 4.01. The Hall–Kier alpha value is -3.63. The van der Waals surface area contributed by atoms with Crippen molar-refractivity contribution in [2.24, 2.45) is 0 Å². The molecule has 0 saturated carbocycles. The number of rotatable bonds is 7. The smallest absolute Gasteiger partial charge is 0.254 e. The van der Waals surface area contributed by atoms with Crippen molar-refractivity contribution in [3.8, 4) is 11.6 Å². The van der Waals surface area contributed by atoms with Gasteiger partial charge in [-0.3, -0.25) is 9.36 Å². The summed E-state index contributed by atoms with van der Waals surface area (Å²) in [5.74, 6) is -4.13. The molecule has 0 radical (unpaired) electrons. The lowest BCUT2D eigenvalue weighted by Crippen LogP contribution is -2.30. The van der Waals surface area contributed by atoms with E-state index in [0.29, 0.717) is 17.7 Å². The number of nitrogens with one attached hydrogen (secondary N) is 2. The second-order valence-electron chi connectivity index (χ2n) is 5.86. The quantitative estimate of drug-likeness (QED) is 0.462. The van der Waals surface area contributed by atoms with E-state index in [1.165, 1.54) is 6.33 Å². The van der Waals surface area contributed by atoms with Crippen LogP contribution in [0.25, 0.3) is 5.82 Å². The van der Waals surface area contributed by atoms with E-state index in [4.69, 9.17) is 0 Å². The minimum absolute atomic E-state index is 0.0724. The van der Waals surface area contributed by atoms with Crippen molar-refractivity contribution in [1.29, 1.82) is 0 Å². The minimum atomic E-state index is -1.49. The van der Waals surface area contributed by atoms with Gasteiger partial charge in [-0.25, -0.2) is 23.7 Å². The van der Waals surface area contributed by atoms with E-state index in [1.807, 2.05) is 6.92 Å². The summed E-state index contributed by atoms with van der Waals surface area (Å²) in [4.78, 5) is 24.5. The van der Waals surface area contributed by atoms with Crippen molar-refractivity contribution in [1.82, 2.24) is 24.8 Å². The van der Waals surface area contributed by atoms with Crippen molar-refractivity contribution in [3.05, 3.63) is 59.7 Å². The Morgan fingerprint density at radius 2 is 1.93 bits per heavy atom. The number of methoxy groups -OCH3 is 1. The first kappa shape index (κ1) is 20.1. The molecule has 2 aromatic heterocycles. The fraction of sp³-hybridized carbons (Fsp3) is 0.222. The van der Waals surface area contributed by atoms with Gasteiger partial charge in [0.1, 0.15) is 23.8 Å². The molecule has 1 aromatic carbocycles. The van der Waals surface area contributed by atoms with Crippen LogP contribution in [0, 0.1) is 24.4 Å². The van der Waals surface area contributed by atoms with E-state index >= 15 is 0 Å². The van der Waals surface area contributed by atoms with Gasteiger partial charge in [0.15, 0.2) is 17.4 Å². The Bertz CT molecular complexity index is 1040. The van der Waals surface area contributed by atoms with Crippen LogP contribution in [0.5, 0.6) is 5.75 Å². The Morgan fingerprint density at radius 1 is 1.14 bits per heavy atom. The molecule has 0 aliphatic rings. The molecular weight excluding hydrogens is 389 g/mol. The lowest BCUT2D eigenvalue weighted by Gasteiger charge is -2.11. The van der Waals surface area contributed by atoms with Crippen LogP contribution >= 0.6 is 0 Å². The van der Waals surface area contributed by atoms with Crippen LogP contribution in [0.3, 0.4) is 0 Å². The van der Waals surface area contributed by atoms with Gasteiger partial charge in [0.2, 0.25) is 5.82 Å². The van der Waals surface area contributed by atoms with Gasteiger partial charge in [0.05, 0.1) is 12.7 Å². The van der Waals surface area contributed by atoms with E-state index in [9.17, 15) is 18.0 Å². The summed E-state index contributed by atoms with van der Waals surface area (Å²) in [6.45, 7) is 2.15. The molecule has 0 unspecified atom stereocenters. The highest BCUT2D eigenvalue weighted by molar-refractivity contribution is 5.95. The third-order valence-electron chi connectivity index (χ3n) is 4.01. The molecule has 0 spiro atoms. The summed E-state index contributed by atoms with van der Waals surface area (Å²) < 4.78 is 47.4. The fourth-order valence-electron chi connectivity index (χ4n) is 2.58. The van der Waals surface area contributed by atoms with E-state index in [0.717, 1.165) is 12.9 Å². The Kier molecular flexibility index (Phi) is 5.96. The summed E-state index contributed by atoms with van der Waals surface area (Å²) >= 11 is 0. The summed E-state index contributed by atoms with van der Waals surface area (Å²) in [5.41, 5.74) is -0.652. The number of imidazole rings is 1. The lowest BCUT2D eigenvalue weighted by molar-refractivity contribution is 0.0949. The molecule has 2 heterocycles.